The average Bonchev–Trinajstić information content (AvgIpc) is 2.21. The van der Waals surface area contributed by atoms with Crippen LogP contribution in [0.25, 0.3) is 11.3 Å². The summed E-state index contributed by atoms with van der Waals surface area (Å²) >= 11 is 0. The summed E-state index contributed by atoms with van der Waals surface area (Å²) in [6.07, 6.45) is 4.25. The van der Waals surface area contributed by atoms with Gasteiger partial charge in [-0.15, -0.1) is 0 Å². The van der Waals surface area contributed by atoms with E-state index in [9.17, 15) is 0 Å². The highest BCUT2D eigenvalue weighted by molar-refractivity contribution is 5.57. The lowest BCUT2D eigenvalue weighted by Gasteiger charge is -1.96. The Balaban J connectivity index is 2.46. The van der Waals surface area contributed by atoms with Crippen LogP contribution in [0.3, 0.4) is 0 Å². The minimum atomic E-state index is 0.908. The highest BCUT2D eigenvalue weighted by Crippen LogP contribution is 2.13. The molecule has 1 heterocycles. The molecule has 2 heteroatoms. The first-order valence-corrected chi connectivity index (χ1v) is 3.70. The molecule has 57 valence electrons. The molecule has 0 saturated carbocycles. The fourth-order valence-corrected chi connectivity index (χ4v) is 1.03. The van der Waals surface area contributed by atoms with E-state index in [1.165, 1.54) is 6.33 Å². The topological polar surface area (TPSA) is 25.8 Å². The Morgan fingerprint density at radius 3 is 2.58 bits per heavy atom. The third-order valence-electron chi connectivity index (χ3n) is 1.60. The molecule has 12 heavy (non-hydrogen) atoms. The lowest BCUT2D eigenvalue weighted by Crippen LogP contribution is -1.82. The van der Waals surface area contributed by atoms with E-state index in [1.807, 2.05) is 30.3 Å². The Labute approximate surface area is 70.9 Å². The summed E-state index contributed by atoms with van der Waals surface area (Å²) in [6.45, 7) is 0. The van der Waals surface area contributed by atoms with Crippen molar-refractivity contribution >= 4 is 0 Å². The SMILES string of the molecule is [c]1cc(-c2ccccc2)ncn1. The summed E-state index contributed by atoms with van der Waals surface area (Å²) in [5, 5.41) is 0. The Kier molecular flexibility index (Phi) is 1.82. The van der Waals surface area contributed by atoms with E-state index >= 15 is 0 Å². The second-order valence-corrected chi connectivity index (χ2v) is 2.40. The normalized spacial score (nSPS) is 9.67. The molecule has 0 bridgehead atoms. The van der Waals surface area contributed by atoms with Gasteiger partial charge in [0, 0.05) is 5.56 Å². The van der Waals surface area contributed by atoms with Crippen molar-refractivity contribution in [2.75, 3.05) is 0 Å². The van der Waals surface area contributed by atoms with Crippen molar-refractivity contribution in [3.63, 3.8) is 0 Å². The first-order valence-electron chi connectivity index (χ1n) is 3.70. The summed E-state index contributed by atoms with van der Waals surface area (Å²) in [4.78, 5) is 7.84. The first-order chi connectivity index (χ1) is 5.97. The molecule has 1 aromatic heterocycles. The van der Waals surface area contributed by atoms with Gasteiger partial charge in [0.25, 0.3) is 0 Å². The zero-order chi connectivity index (χ0) is 8.23. The lowest BCUT2D eigenvalue weighted by atomic mass is 10.1. The van der Waals surface area contributed by atoms with E-state index in [0.29, 0.717) is 0 Å². The van der Waals surface area contributed by atoms with E-state index in [2.05, 4.69) is 16.2 Å². The van der Waals surface area contributed by atoms with Crippen molar-refractivity contribution < 1.29 is 0 Å². The molecule has 0 aliphatic heterocycles. The van der Waals surface area contributed by atoms with Crippen LogP contribution in [0.2, 0.25) is 0 Å². The Morgan fingerprint density at radius 1 is 1.08 bits per heavy atom. The molecule has 2 aromatic rings. The van der Waals surface area contributed by atoms with Gasteiger partial charge in [-0.1, -0.05) is 30.3 Å². The molecule has 2 nitrogen and oxygen atoms in total. The molecule has 0 saturated heterocycles. The molecule has 0 aliphatic rings. The molecule has 0 atom stereocenters. The van der Waals surface area contributed by atoms with E-state index in [1.54, 1.807) is 6.07 Å². The second-order valence-electron chi connectivity index (χ2n) is 2.40. The van der Waals surface area contributed by atoms with Crippen LogP contribution in [0.5, 0.6) is 0 Å². The van der Waals surface area contributed by atoms with Gasteiger partial charge >= 0.3 is 0 Å². The molecule has 0 unspecified atom stereocenters. The number of aromatic nitrogens is 2. The molecule has 0 N–H and O–H groups in total. The van der Waals surface area contributed by atoms with Crippen LogP contribution in [-0.4, -0.2) is 9.97 Å². The van der Waals surface area contributed by atoms with E-state index in [4.69, 9.17) is 0 Å². The summed E-state index contributed by atoms with van der Waals surface area (Å²) in [7, 11) is 0. The first kappa shape index (κ1) is 6.98. The monoisotopic (exact) mass is 155 g/mol. The van der Waals surface area contributed by atoms with Gasteiger partial charge in [-0.2, -0.15) is 0 Å². The van der Waals surface area contributed by atoms with Crippen LogP contribution in [0.15, 0.2) is 42.7 Å². The van der Waals surface area contributed by atoms with Crippen LogP contribution in [0.4, 0.5) is 0 Å². The summed E-state index contributed by atoms with van der Waals surface area (Å²) in [5.74, 6) is 0. The molecule has 0 fully saturated rings. The molecule has 0 spiro atoms. The molecule has 0 aliphatic carbocycles. The lowest BCUT2D eigenvalue weighted by molar-refractivity contribution is 1.16. The predicted molar refractivity (Wildman–Crippen MR) is 46.3 cm³/mol. The number of hydrogen-bond acceptors (Lipinski definition) is 2. The van der Waals surface area contributed by atoms with Gasteiger partial charge < -0.3 is 0 Å². The molecular formula is C10H7N2. The fourth-order valence-electron chi connectivity index (χ4n) is 1.03. The van der Waals surface area contributed by atoms with Crippen molar-refractivity contribution in [3.8, 4) is 11.3 Å². The Morgan fingerprint density at radius 2 is 1.92 bits per heavy atom. The fraction of sp³-hybridized carbons (Fsp3) is 0. The molecule has 0 amide bonds. The highest BCUT2D eigenvalue weighted by atomic mass is 14.8. The number of rotatable bonds is 1. The van der Waals surface area contributed by atoms with Crippen LogP contribution in [0.1, 0.15) is 0 Å². The summed E-state index contributed by atoms with van der Waals surface area (Å²) in [6, 6.07) is 11.7. The summed E-state index contributed by atoms with van der Waals surface area (Å²) in [5.41, 5.74) is 2.00. The summed E-state index contributed by atoms with van der Waals surface area (Å²) < 4.78 is 0. The second kappa shape index (κ2) is 3.13. The quantitative estimate of drug-likeness (QED) is 0.629. The van der Waals surface area contributed by atoms with Crippen LogP contribution in [0, 0.1) is 6.20 Å². The minimum Gasteiger partial charge on any atom is -0.236 e. The molecule has 2 rings (SSSR count). The standard InChI is InChI=1S/C10H7N2/c1-2-4-9(5-3-1)10-6-7-11-8-12-10/h1-6,8H. The molecule has 1 radical (unpaired) electrons. The maximum Gasteiger partial charge on any atom is 0.116 e. The zero-order valence-electron chi connectivity index (χ0n) is 6.44. The van der Waals surface area contributed by atoms with Crippen molar-refractivity contribution in [1.82, 2.24) is 9.97 Å². The van der Waals surface area contributed by atoms with E-state index in [0.717, 1.165) is 11.3 Å². The van der Waals surface area contributed by atoms with Crippen molar-refractivity contribution in [3.05, 3.63) is 48.9 Å². The van der Waals surface area contributed by atoms with Crippen molar-refractivity contribution in [2.45, 2.75) is 0 Å². The van der Waals surface area contributed by atoms with Gasteiger partial charge in [0.15, 0.2) is 0 Å². The third-order valence-corrected chi connectivity index (χ3v) is 1.60. The Bertz CT molecular complexity index is 305. The number of nitrogens with zero attached hydrogens (tertiary/aromatic N) is 2. The van der Waals surface area contributed by atoms with Gasteiger partial charge in [-0.25, -0.2) is 9.97 Å². The van der Waals surface area contributed by atoms with E-state index in [-0.39, 0.29) is 0 Å². The van der Waals surface area contributed by atoms with Crippen LogP contribution in [-0.2, 0) is 0 Å². The maximum atomic E-state index is 4.11. The van der Waals surface area contributed by atoms with Crippen LogP contribution < -0.4 is 0 Å². The maximum absolute atomic E-state index is 4.11. The number of benzene rings is 1. The predicted octanol–water partition coefficient (Wildman–Crippen LogP) is 1.94. The van der Waals surface area contributed by atoms with E-state index < -0.39 is 0 Å². The van der Waals surface area contributed by atoms with Crippen molar-refractivity contribution in [1.29, 1.82) is 0 Å². The van der Waals surface area contributed by atoms with Gasteiger partial charge in [-0.3, -0.25) is 0 Å². The third kappa shape index (κ3) is 1.32. The number of hydrogen-bond donors (Lipinski definition) is 0. The van der Waals surface area contributed by atoms with Crippen molar-refractivity contribution in [2.24, 2.45) is 0 Å². The molecular weight excluding hydrogens is 148 g/mol. The highest BCUT2D eigenvalue weighted by Gasteiger charge is 1.94. The van der Waals surface area contributed by atoms with Gasteiger partial charge in [0.2, 0.25) is 0 Å². The molecule has 1 aromatic carbocycles. The average molecular weight is 155 g/mol. The van der Waals surface area contributed by atoms with Gasteiger partial charge in [0.1, 0.15) is 6.33 Å². The van der Waals surface area contributed by atoms with Crippen LogP contribution >= 0.6 is 0 Å². The largest absolute Gasteiger partial charge is 0.236 e. The smallest absolute Gasteiger partial charge is 0.116 e. The Hall–Kier alpha value is -1.70. The zero-order valence-corrected chi connectivity index (χ0v) is 6.44. The van der Waals surface area contributed by atoms with Gasteiger partial charge in [0.05, 0.1) is 11.9 Å². The minimum absolute atomic E-state index is 0.908. The van der Waals surface area contributed by atoms with Gasteiger partial charge in [-0.05, 0) is 6.07 Å².